The third kappa shape index (κ3) is 5.90. The van der Waals surface area contributed by atoms with Gasteiger partial charge in [-0.15, -0.1) is 0 Å². The molecule has 4 aliphatic rings. The standard InChI is InChI=1S/C31H54N2O7/c1-8-38-28(34)40-33-26(32)17-12-20(2)23-15-16-24-22-14-13-21-11-9-10-18-29(21,3)27(22)25(19-30(23,24)4)39-31(35-5,36-6)37-7/h20-25,27H,8-19H2,1-7H3,(H2,32,33)/t20-,21+,22+,23-,24+,25+,27-,29+,30-/m1/s1. The molecule has 40 heavy (non-hydrogen) atoms. The predicted molar refractivity (Wildman–Crippen MR) is 152 cm³/mol. The zero-order valence-electron chi connectivity index (χ0n) is 25.9. The van der Waals surface area contributed by atoms with Crippen LogP contribution in [0.5, 0.6) is 0 Å². The summed E-state index contributed by atoms with van der Waals surface area (Å²) in [5, 5.41) is 3.78. The summed E-state index contributed by atoms with van der Waals surface area (Å²) in [4.78, 5) is 16.2. The number of carbonyl (C=O) groups excluding carboxylic acids is 1. The summed E-state index contributed by atoms with van der Waals surface area (Å²) in [6, 6.07) is 0. The zero-order valence-corrected chi connectivity index (χ0v) is 25.9. The Balaban J connectivity index is 1.56. The number of fused-ring (bicyclic) bond motifs is 5. The monoisotopic (exact) mass is 566 g/mol. The van der Waals surface area contributed by atoms with E-state index in [0.717, 1.165) is 18.8 Å². The van der Waals surface area contributed by atoms with Gasteiger partial charge in [0, 0.05) is 27.8 Å². The molecule has 0 spiro atoms. The van der Waals surface area contributed by atoms with Crippen LogP contribution in [0.1, 0.15) is 98.3 Å². The van der Waals surface area contributed by atoms with Crippen LogP contribution in [-0.2, 0) is 28.5 Å². The summed E-state index contributed by atoms with van der Waals surface area (Å²) in [6.45, 7) is 9.34. The van der Waals surface area contributed by atoms with Crippen LogP contribution in [0.4, 0.5) is 4.79 Å². The lowest BCUT2D eigenvalue weighted by Crippen LogP contribution is -2.61. The van der Waals surface area contributed by atoms with Gasteiger partial charge in [-0.05, 0) is 105 Å². The number of methoxy groups -OCH3 is 3. The molecule has 4 aliphatic carbocycles. The molecule has 0 aromatic heterocycles. The molecule has 0 aliphatic heterocycles. The van der Waals surface area contributed by atoms with E-state index < -0.39 is 12.3 Å². The lowest BCUT2D eigenvalue weighted by Gasteiger charge is -2.63. The zero-order chi connectivity index (χ0) is 29.1. The summed E-state index contributed by atoms with van der Waals surface area (Å²) < 4.78 is 28.6. The maximum atomic E-state index is 11.5. The normalized spacial score (nSPS) is 38.6. The van der Waals surface area contributed by atoms with E-state index in [0.29, 0.717) is 41.8 Å². The number of hydrogen-bond donors (Lipinski definition) is 1. The number of nitrogens with zero attached hydrogens (tertiary/aromatic N) is 1. The molecule has 0 saturated heterocycles. The van der Waals surface area contributed by atoms with Gasteiger partial charge < -0.3 is 24.7 Å². The third-order valence-corrected chi connectivity index (χ3v) is 11.7. The number of oxime groups is 1. The molecule has 0 aromatic rings. The molecule has 230 valence electrons. The highest BCUT2D eigenvalue weighted by molar-refractivity contribution is 5.80. The summed E-state index contributed by atoms with van der Waals surface area (Å²) in [7, 11) is 4.76. The summed E-state index contributed by atoms with van der Waals surface area (Å²) in [6.07, 6.45) is 10.4. The first-order valence-electron chi connectivity index (χ1n) is 15.6. The molecule has 4 fully saturated rings. The van der Waals surface area contributed by atoms with Gasteiger partial charge in [0.1, 0.15) is 5.84 Å². The van der Waals surface area contributed by atoms with Crippen LogP contribution in [0.3, 0.4) is 0 Å². The third-order valence-electron chi connectivity index (χ3n) is 11.7. The van der Waals surface area contributed by atoms with Crippen LogP contribution in [0.25, 0.3) is 0 Å². The first kappa shape index (κ1) is 31.5. The molecule has 0 unspecified atom stereocenters. The summed E-state index contributed by atoms with van der Waals surface area (Å²) in [5.41, 5.74) is 6.47. The van der Waals surface area contributed by atoms with Crippen molar-refractivity contribution < 1.29 is 33.3 Å². The second kappa shape index (κ2) is 12.8. The highest BCUT2D eigenvalue weighted by atomic mass is 17.0. The second-order valence-corrected chi connectivity index (χ2v) is 13.4. The summed E-state index contributed by atoms with van der Waals surface area (Å²) >= 11 is 0. The highest BCUT2D eigenvalue weighted by Gasteiger charge is 2.64. The molecule has 9 atom stereocenters. The Bertz CT molecular complexity index is 887. The first-order valence-corrected chi connectivity index (χ1v) is 15.6. The van der Waals surface area contributed by atoms with Gasteiger partial charge in [-0.25, -0.2) is 4.79 Å². The van der Waals surface area contributed by atoms with E-state index >= 15 is 0 Å². The van der Waals surface area contributed by atoms with E-state index in [1.54, 1.807) is 28.3 Å². The van der Waals surface area contributed by atoms with Crippen LogP contribution in [0.2, 0.25) is 0 Å². The van der Waals surface area contributed by atoms with E-state index in [-0.39, 0.29) is 23.5 Å². The van der Waals surface area contributed by atoms with Gasteiger partial charge in [-0.2, -0.15) is 0 Å². The number of hydrogen-bond acceptors (Lipinski definition) is 8. The second-order valence-electron chi connectivity index (χ2n) is 13.4. The molecule has 0 bridgehead atoms. The summed E-state index contributed by atoms with van der Waals surface area (Å²) in [5.74, 6) is 3.79. The minimum atomic E-state index is -1.50. The fourth-order valence-electron chi connectivity index (χ4n) is 9.91. The maximum Gasteiger partial charge on any atom is 0.535 e. The highest BCUT2D eigenvalue weighted by Crippen LogP contribution is 2.69. The molecule has 4 saturated carbocycles. The Morgan fingerprint density at radius 2 is 1.75 bits per heavy atom. The molecule has 0 amide bonds. The number of nitrogens with two attached hydrogens (primary N) is 1. The Hall–Kier alpha value is -1.42. The average Bonchev–Trinajstić information content (AvgIpc) is 3.30. The van der Waals surface area contributed by atoms with Crippen molar-refractivity contribution in [3.05, 3.63) is 0 Å². The van der Waals surface area contributed by atoms with E-state index in [2.05, 4.69) is 25.9 Å². The fourth-order valence-corrected chi connectivity index (χ4v) is 9.91. The average molecular weight is 567 g/mol. The molecular weight excluding hydrogens is 512 g/mol. The Kier molecular flexibility index (Phi) is 10.1. The number of amidine groups is 1. The van der Waals surface area contributed by atoms with Crippen molar-refractivity contribution in [1.82, 2.24) is 0 Å². The minimum absolute atomic E-state index is 0.0191. The molecular formula is C31H54N2O7. The minimum Gasteiger partial charge on any atom is -0.433 e. The van der Waals surface area contributed by atoms with Crippen molar-refractivity contribution in [2.75, 3.05) is 27.9 Å². The van der Waals surface area contributed by atoms with E-state index in [1.807, 2.05) is 0 Å². The van der Waals surface area contributed by atoms with Crippen LogP contribution < -0.4 is 5.73 Å². The van der Waals surface area contributed by atoms with Crippen LogP contribution in [-0.4, -0.2) is 52.2 Å². The fraction of sp³-hybridized carbons (Fsp3) is 0.935. The SMILES string of the molecule is CCOC(=O)O/N=C(\N)CC[C@@H](C)[C@H]1CC[C@H]2[C@@H]3CC[C@@H]4CCCC[C@]4(C)[C@H]3[C@@H](OC(OC)(OC)OC)C[C@]12C. The van der Waals surface area contributed by atoms with Crippen molar-refractivity contribution >= 4 is 12.0 Å². The molecule has 4 rings (SSSR count). The van der Waals surface area contributed by atoms with E-state index in [9.17, 15) is 4.79 Å². The van der Waals surface area contributed by atoms with Gasteiger partial charge >= 0.3 is 12.3 Å². The number of ether oxygens (including phenoxy) is 5. The van der Waals surface area contributed by atoms with Gasteiger partial charge in [0.05, 0.1) is 12.7 Å². The van der Waals surface area contributed by atoms with Gasteiger partial charge in [0.2, 0.25) is 0 Å². The van der Waals surface area contributed by atoms with Crippen molar-refractivity contribution in [3.8, 4) is 0 Å². The van der Waals surface area contributed by atoms with Crippen molar-refractivity contribution in [2.24, 2.45) is 57.2 Å². The van der Waals surface area contributed by atoms with Crippen molar-refractivity contribution in [1.29, 1.82) is 0 Å². The van der Waals surface area contributed by atoms with Crippen molar-refractivity contribution in [2.45, 2.75) is 111 Å². The largest absolute Gasteiger partial charge is 0.535 e. The number of rotatable bonds is 11. The van der Waals surface area contributed by atoms with Crippen LogP contribution in [0.15, 0.2) is 5.16 Å². The lowest BCUT2D eigenvalue weighted by molar-refractivity contribution is -0.498. The van der Waals surface area contributed by atoms with Crippen molar-refractivity contribution in [3.63, 3.8) is 0 Å². The Labute approximate surface area is 241 Å². The van der Waals surface area contributed by atoms with Gasteiger partial charge in [-0.1, -0.05) is 38.8 Å². The Morgan fingerprint density at radius 1 is 1.02 bits per heavy atom. The molecule has 9 nitrogen and oxygen atoms in total. The van der Waals surface area contributed by atoms with Gasteiger partial charge in [0.25, 0.3) is 0 Å². The van der Waals surface area contributed by atoms with E-state index in [1.165, 1.54) is 51.4 Å². The maximum absolute atomic E-state index is 11.5. The smallest absolute Gasteiger partial charge is 0.433 e. The van der Waals surface area contributed by atoms with Crippen LogP contribution in [0, 0.1) is 46.3 Å². The molecule has 9 heteroatoms. The first-order chi connectivity index (χ1) is 19.1. The van der Waals surface area contributed by atoms with Gasteiger partial charge in [0.15, 0.2) is 0 Å². The molecule has 2 N–H and O–H groups in total. The molecule has 0 radical (unpaired) electrons. The molecule has 0 aromatic carbocycles. The number of carbonyl (C=O) groups is 1. The topological polar surface area (TPSA) is 111 Å². The lowest BCUT2D eigenvalue weighted by atomic mass is 9.43. The predicted octanol–water partition coefficient (Wildman–Crippen LogP) is 6.44. The molecule has 0 heterocycles. The van der Waals surface area contributed by atoms with Gasteiger partial charge in [-0.3, -0.25) is 9.57 Å². The van der Waals surface area contributed by atoms with E-state index in [4.69, 9.17) is 34.3 Å². The quantitative estimate of drug-likeness (QED) is 0.0759. The Morgan fingerprint density at radius 3 is 2.42 bits per heavy atom. The van der Waals surface area contributed by atoms with Crippen LogP contribution >= 0.6 is 0 Å².